The summed E-state index contributed by atoms with van der Waals surface area (Å²) in [6.45, 7) is 2.97. The summed E-state index contributed by atoms with van der Waals surface area (Å²) in [5, 5.41) is 12.1. The Balaban J connectivity index is 1.64. The third-order valence-electron chi connectivity index (χ3n) is 4.15. The van der Waals surface area contributed by atoms with E-state index < -0.39 is 5.82 Å². The number of benzene rings is 1. The number of likely N-dealkylation sites (tertiary alicyclic amines) is 1. The fourth-order valence-corrected chi connectivity index (χ4v) is 3.38. The maximum Gasteiger partial charge on any atom is 0.323 e. The highest BCUT2D eigenvalue weighted by atomic mass is 32.1. The van der Waals surface area contributed by atoms with Gasteiger partial charge in [0.2, 0.25) is 5.13 Å². The lowest BCUT2D eigenvalue weighted by molar-refractivity contribution is 0.214. The van der Waals surface area contributed by atoms with E-state index >= 15 is 0 Å². The second-order valence-electron chi connectivity index (χ2n) is 6.07. The fourth-order valence-electron chi connectivity index (χ4n) is 2.81. The first-order chi connectivity index (χ1) is 12.5. The van der Waals surface area contributed by atoms with Gasteiger partial charge in [-0.25, -0.2) is 14.2 Å². The van der Waals surface area contributed by atoms with Crippen molar-refractivity contribution in [1.82, 2.24) is 14.3 Å². The number of halogens is 1. The molecule has 0 radical (unpaired) electrons. The van der Waals surface area contributed by atoms with Crippen LogP contribution in [0.3, 0.4) is 0 Å². The van der Waals surface area contributed by atoms with E-state index in [4.69, 9.17) is 5.26 Å². The standard InChI is InChI=1S/C18H18FN5OS/c1-12-21-17(26-23-12)22-18(25)24-7-2-3-13(6-8-24)9-15-5-4-14(11-20)10-16(15)19/h4-5,9-10H,2-3,6-8H2,1H3,(H,21,22,23,25)/b13-9-. The molecule has 0 aliphatic carbocycles. The first-order valence-electron chi connectivity index (χ1n) is 8.30. The number of aryl methyl sites for hydroxylation is 1. The molecule has 2 amide bonds. The number of nitrogens with one attached hydrogen (secondary N) is 1. The topological polar surface area (TPSA) is 81.9 Å². The van der Waals surface area contributed by atoms with Crippen molar-refractivity contribution in [3.63, 3.8) is 0 Å². The second kappa shape index (κ2) is 8.06. The van der Waals surface area contributed by atoms with Crippen LogP contribution in [0.1, 0.15) is 36.2 Å². The molecule has 2 aromatic rings. The van der Waals surface area contributed by atoms with Crippen molar-refractivity contribution in [3.05, 3.63) is 46.5 Å². The Labute approximate surface area is 155 Å². The average molecular weight is 371 g/mol. The Hall–Kier alpha value is -2.79. The first kappa shape index (κ1) is 18.0. The maximum atomic E-state index is 14.1. The number of nitrogens with zero attached hydrogens (tertiary/aromatic N) is 4. The van der Waals surface area contributed by atoms with Crippen LogP contribution in [0.4, 0.5) is 14.3 Å². The number of anilines is 1. The first-order valence-corrected chi connectivity index (χ1v) is 9.08. The highest BCUT2D eigenvalue weighted by Crippen LogP contribution is 2.22. The summed E-state index contributed by atoms with van der Waals surface area (Å²) >= 11 is 1.16. The van der Waals surface area contributed by atoms with E-state index in [-0.39, 0.29) is 6.03 Å². The highest BCUT2D eigenvalue weighted by molar-refractivity contribution is 7.09. The number of carbonyl (C=O) groups excluding carboxylic acids is 1. The number of hydrogen-bond acceptors (Lipinski definition) is 5. The summed E-state index contributed by atoms with van der Waals surface area (Å²) in [4.78, 5) is 18.2. The molecule has 0 unspecified atom stereocenters. The molecule has 1 aliphatic rings. The Bertz CT molecular complexity index is 886. The third-order valence-corrected chi connectivity index (χ3v) is 4.87. The van der Waals surface area contributed by atoms with Crippen LogP contribution >= 0.6 is 11.5 Å². The number of carbonyl (C=O) groups is 1. The smallest absolute Gasteiger partial charge is 0.323 e. The fraction of sp³-hybridized carbons (Fsp3) is 0.333. The van der Waals surface area contributed by atoms with Crippen LogP contribution in [0.5, 0.6) is 0 Å². The van der Waals surface area contributed by atoms with Crippen molar-refractivity contribution < 1.29 is 9.18 Å². The zero-order valence-corrected chi connectivity index (χ0v) is 15.1. The zero-order valence-electron chi connectivity index (χ0n) is 14.3. The molecule has 26 heavy (non-hydrogen) atoms. The van der Waals surface area contributed by atoms with Crippen LogP contribution in [0.15, 0.2) is 23.8 Å². The van der Waals surface area contributed by atoms with Crippen molar-refractivity contribution >= 4 is 28.8 Å². The minimum absolute atomic E-state index is 0.188. The average Bonchev–Trinajstić information content (AvgIpc) is 2.89. The van der Waals surface area contributed by atoms with E-state index in [0.717, 1.165) is 29.9 Å². The largest absolute Gasteiger partial charge is 0.324 e. The molecule has 0 bridgehead atoms. The van der Waals surface area contributed by atoms with Crippen LogP contribution in [-0.2, 0) is 0 Å². The molecule has 1 N–H and O–H groups in total. The van der Waals surface area contributed by atoms with Gasteiger partial charge >= 0.3 is 6.03 Å². The summed E-state index contributed by atoms with van der Waals surface area (Å²) in [5.74, 6) is 0.234. The number of aromatic nitrogens is 2. The molecule has 1 saturated heterocycles. The van der Waals surface area contributed by atoms with Crippen molar-refractivity contribution in [3.8, 4) is 6.07 Å². The van der Waals surface area contributed by atoms with E-state index in [1.165, 1.54) is 6.07 Å². The van der Waals surface area contributed by atoms with E-state index in [1.54, 1.807) is 24.0 Å². The molecule has 1 aromatic heterocycles. The number of rotatable bonds is 2. The van der Waals surface area contributed by atoms with Gasteiger partial charge in [0.1, 0.15) is 11.6 Å². The lowest BCUT2D eigenvalue weighted by Crippen LogP contribution is -2.35. The summed E-state index contributed by atoms with van der Waals surface area (Å²) in [6, 6.07) is 6.21. The molecule has 6 nitrogen and oxygen atoms in total. The number of hydrogen-bond donors (Lipinski definition) is 1. The van der Waals surface area contributed by atoms with Gasteiger partial charge in [-0.2, -0.15) is 9.64 Å². The molecule has 134 valence electrons. The minimum atomic E-state index is -0.401. The van der Waals surface area contributed by atoms with Crippen molar-refractivity contribution in [1.29, 1.82) is 5.26 Å². The van der Waals surface area contributed by atoms with E-state index in [9.17, 15) is 9.18 Å². The number of urea groups is 1. The van der Waals surface area contributed by atoms with E-state index in [2.05, 4.69) is 14.7 Å². The monoisotopic (exact) mass is 371 g/mol. The lowest BCUT2D eigenvalue weighted by atomic mass is 10.0. The van der Waals surface area contributed by atoms with Crippen LogP contribution in [0, 0.1) is 24.1 Å². The summed E-state index contributed by atoms with van der Waals surface area (Å²) in [6.07, 6.45) is 4.13. The SMILES string of the molecule is Cc1nsc(NC(=O)N2CCC/C(=C/c3ccc(C#N)cc3F)CC2)n1. The molecule has 0 spiro atoms. The summed E-state index contributed by atoms with van der Waals surface area (Å²) in [7, 11) is 0. The molecule has 0 atom stereocenters. The van der Waals surface area contributed by atoms with Gasteiger partial charge < -0.3 is 4.90 Å². The Morgan fingerprint density at radius 3 is 2.96 bits per heavy atom. The predicted octanol–water partition coefficient (Wildman–Crippen LogP) is 3.96. The Kier molecular flexibility index (Phi) is 5.58. The second-order valence-corrected chi connectivity index (χ2v) is 6.82. The Morgan fingerprint density at radius 1 is 1.42 bits per heavy atom. The van der Waals surface area contributed by atoms with E-state index in [1.807, 2.05) is 12.1 Å². The molecule has 2 heterocycles. The van der Waals surface area contributed by atoms with Gasteiger partial charge in [0.25, 0.3) is 0 Å². The lowest BCUT2D eigenvalue weighted by Gasteiger charge is -2.19. The normalized spacial score (nSPS) is 16.2. The van der Waals surface area contributed by atoms with Crippen LogP contribution in [0.25, 0.3) is 6.08 Å². The van der Waals surface area contributed by atoms with Gasteiger partial charge in [0.05, 0.1) is 11.6 Å². The van der Waals surface area contributed by atoms with Gasteiger partial charge in [-0.3, -0.25) is 5.32 Å². The van der Waals surface area contributed by atoms with Gasteiger partial charge in [-0.05, 0) is 38.3 Å². The number of nitriles is 1. The molecular weight excluding hydrogens is 353 g/mol. The van der Waals surface area contributed by atoms with E-state index in [0.29, 0.717) is 41.6 Å². The number of amides is 2. The van der Waals surface area contributed by atoms with Gasteiger partial charge in [0.15, 0.2) is 0 Å². The molecular formula is C18H18FN5OS. The molecule has 0 saturated carbocycles. The van der Waals surface area contributed by atoms with Crippen LogP contribution < -0.4 is 5.32 Å². The van der Waals surface area contributed by atoms with Gasteiger partial charge in [0, 0.05) is 30.2 Å². The van der Waals surface area contributed by atoms with Crippen LogP contribution in [-0.4, -0.2) is 33.4 Å². The van der Waals surface area contributed by atoms with Crippen molar-refractivity contribution in [2.75, 3.05) is 18.4 Å². The molecule has 8 heteroatoms. The zero-order chi connectivity index (χ0) is 18.5. The predicted molar refractivity (Wildman–Crippen MR) is 98.2 cm³/mol. The third kappa shape index (κ3) is 4.43. The van der Waals surface area contributed by atoms with Crippen molar-refractivity contribution in [2.24, 2.45) is 0 Å². The minimum Gasteiger partial charge on any atom is -0.324 e. The molecule has 1 fully saturated rings. The quantitative estimate of drug-likeness (QED) is 0.866. The van der Waals surface area contributed by atoms with Gasteiger partial charge in [-0.15, -0.1) is 0 Å². The molecule has 1 aromatic carbocycles. The van der Waals surface area contributed by atoms with Gasteiger partial charge in [-0.1, -0.05) is 17.7 Å². The molecule has 1 aliphatic heterocycles. The molecule has 3 rings (SSSR count). The van der Waals surface area contributed by atoms with Crippen molar-refractivity contribution in [2.45, 2.75) is 26.2 Å². The maximum absolute atomic E-state index is 14.1. The summed E-state index contributed by atoms with van der Waals surface area (Å²) in [5.41, 5.74) is 1.87. The highest BCUT2D eigenvalue weighted by Gasteiger charge is 2.18. The van der Waals surface area contributed by atoms with Crippen LogP contribution in [0.2, 0.25) is 0 Å². The Morgan fingerprint density at radius 2 is 2.27 bits per heavy atom. The summed E-state index contributed by atoms with van der Waals surface area (Å²) < 4.78 is 18.1.